The molecule has 1 saturated carbocycles. The maximum atomic E-state index is 6.19. The van der Waals surface area contributed by atoms with Gasteiger partial charge in [0.25, 0.3) is 0 Å². The largest absolute Gasteiger partial charge is 0.487 e. The van der Waals surface area contributed by atoms with Gasteiger partial charge in [0.1, 0.15) is 12.4 Å². The van der Waals surface area contributed by atoms with E-state index in [4.69, 9.17) is 9.72 Å². The average molecular weight is 475 g/mol. The molecule has 1 N–H and O–H groups in total. The smallest absolute Gasteiger partial charge is 0.173 e. The van der Waals surface area contributed by atoms with Crippen molar-refractivity contribution in [2.24, 2.45) is 0 Å². The summed E-state index contributed by atoms with van der Waals surface area (Å²) in [4.78, 5) is 9.08. The van der Waals surface area contributed by atoms with E-state index in [1.165, 1.54) is 25.7 Å². The van der Waals surface area contributed by atoms with Crippen LogP contribution in [0.25, 0.3) is 5.69 Å². The second-order valence-electron chi connectivity index (χ2n) is 9.03. The number of nitrogens with one attached hydrogen (secondary N) is 1. The molecule has 0 unspecified atom stereocenters. The van der Waals surface area contributed by atoms with Gasteiger partial charge in [-0.1, -0.05) is 50.3 Å². The van der Waals surface area contributed by atoms with Gasteiger partial charge < -0.3 is 10.1 Å². The summed E-state index contributed by atoms with van der Waals surface area (Å²) in [6.45, 7) is 7.74. The summed E-state index contributed by atoms with van der Waals surface area (Å²) >= 11 is 1.88. The van der Waals surface area contributed by atoms with Gasteiger partial charge >= 0.3 is 0 Å². The van der Waals surface area contributed by atoms with Crippen LogP contribution in [0.5, 0.6) is 5.75 Å². The summed E-state index contributed by atoms with van der Waals surface area (Å²) in [6.07, 6.45) is 11.6. The molecule has 2 aromatic heterocycles. The lowest BCUT2D eigenvalue weighted by Crippen LogP contribution is -2.23. The zero-order valence-corrected chi connectivity index (χ0v) is 21.2. The number of ether oxygens (including phenoxy) is 1. The van der Waals surface area contributed by atoms with E-state index in [-0.39, 0.29) is 0 Å². The molecule has 3 aromatic rings. The Labute approximate surface area is 207 Å². The van der Waals surface area contributed by atoms with Crippen molar-refractivity contribution < 1.29 is 4.74 Å². The molecule has 0 aliphatic heterocycles. The first kappa shape index (κ1) is 24.4. The Morgan fingerprint density at radius 2 is 2.06 bits per heavy atom. The lowest BCUT2D eigenvalue weighted by atomic mass is 10.1. The summed E-state index contributed by atoms with van der Waals surface area (Å²) in [5.41, 5.74) is 4.22. The van der Waals surface area contributed by atoms with Gasteiger partial charge in [0.05, 0.1) is 23.8 Å². The summed E-state index contributed by atoms with van der Waals surface area (Å²) in [7, 11) is 0. The third kappa shape index (κ3) is 6.65. The summed E-state index contributed by atoms with van der Waals surface area (Å²) < 4.78 is 8.38. The van der Waals surface area contributed by atoms with Gasteiger partial charge in [-0.15, -0.1) is 0 Å². The molecule has 178 valence electrons. The van der Waals surface area contributed by atoms with Gasteiger partial charge in [0, 0.05) is 36.0 Å². The zero-order chi connectivity index (χ0) is 23.8. The molecule has 1 fully saturated rings. The second-order valence-corrected chi connectivity index (χ2v) is 10.3. The van der Waals surface area contributed by atoms with Crippen LogP contribution < -0.4 is 10.1 Å². The lowest BCUT2D eigenvalue weighted by Gasteiger charge is -2.14. The molecule has 6 heteroatoms. The Kier molecular flexibility index (Phi) is 8.67. The van der Waals surface area contributed by atoms with E-state index in [0.717, 1.165) is 46.4 Å². The van der Waals surface area contributed by atoms with Crippen molar-refractivity contribution in [1.82, 2.24) is 19.9 Å². The van der Waals surface area contributed by atoms with Gasteiger partial charge in [-0.3, -0.25) is 9.55 Å². The molecule has 4 rings (SSSR count). The predicted octanol–water partition coefficient (Wildman–Crippen LogP) is 5.93. The first-order valence-corrected chi connectivity index (χ1v) is 13.1. The van der Waals surface area contributed by atoms with Crippen molar-refractivity contribution in [2.75, 3.05) is 6.54 Å². The van der Waals surface area contributed by atoms with Crippen molar-refractivity contribution in [1.29, 1.82) is 0 Å². The lowest BCUT2D eigenvalue weighted by molar-refractivity contribution is 0.298. The van der Waals surface area contributed by atoms with Crippen LogP contribution in [0, 0.1) is 18.8 Å². The van der Waals surface area contributed by atoms with Crippen LogP contribution in [-0.4, -0.2) is 32.4 Å². The fourth-order valence-corrected chi connectivity index (χ4v) is 5.38. The molecular formula is C28H34N4OS. The number of imidazole rings is 1. The van der Waals surface area contributed by atoms with E-state index in [1.54, 1.807) is 6.20 Å². The molecule has 2 heterocycles. The highest BCUT2D eigenvalue weighted by Crippen LogP contribution is 2.35. The number of aromatic nitrogens is 3. The van der Waals surface area contributed by atoms with E-state index >= 15 is 0 Å². The third-order valence-corrected chi connectivity index (χ3v) is 7.19. The third-order valence-electron chi connectivity index (χ3n) is 5.89. The highest BCUT2D eigenvalue weighted by Gasteiger charge is 2.21. The monoisotopic (exact) mass is 474 g/mol. The van der Waals surface area contributed by atoms with Crippen LogP contribution >= 0.6 is 11.8 Å². The van der Waals surface area contributed by atoms with Crippen LogP contribution in [0.4, 0.5) is 0 Å². The highest BCUT2D eigenvalue weighted by atomic mass is 32.2. The standard InChI is InChI=1S/C28H34N4OS/c1-21(2)30-16-7-6-9-23-13-14-26(17-22(23)3)33-20-25-19-31-28(34-27-11-4-5-12-27)32(25)24-10-8-15-29-18-24/h8,10,13-15,17-19,21,27,30H,4-5,7,11-12,16,20H2,1-3H3. The molecule has 5 nitrogen and oxygen atoms in total. The zero-order valence-electron chi connectivity index (χ0n) is 20.4. The number of rotatable bonds is 9. The van der Waals surface area contributed by atoms with E-state index in [9.17, 15) is 0 Å². The Hall–Kier alpha value is -2.75. The fourth-order valence-electron chi connectivity index (χ4n) is 4.08. The van der Waals surface area contributed by atoms with Crippen molar-refractivity contribution in [3.8, 4) is 23.3 Å². The summed E-state index contributed by atoms with van der Waals surface area (Å²) in [5.74, 6) is 7.39. The number of nitrogens with zero attached hydrogens (tertiary/aromatic N) is 3. The minimum absolute atomic E-state index is 0.443. The number of benzene rings is 1. The number of hydrogen-bond donors (Lipinski definition) is 1. The minimum Gasteiger partial charge on any atom is -0.487 e. The maximum Gasteiger partial charge on any atom is 0.173 e. The summed E-state index contributed by atoms with van der Waals surface area (Å²) in [5, 5.41) is 5.05. The molecule has 1 aliphatic rings. The number of thioether (sulfide) groups is 1. The molecule has 1 aromatic carbocycles. The highest BCUT2D eigenvalue weighted by molar-refractivity contribution is 7.99. The molecule has 1 aliphatic carbocycles. The first-order valence-electron chi connectivity index (χ1n) is 12.2. The molecule has 0 spiro atoms. The van der Waals surface area contributed by atoms with Gasteiger partial charge in [0.2, 0.25) is 0 Å². The van der Waals surface area contributed by atoms with Gasteiger partial charge in [-0.05, 0) is 55.7 Å². The normalized spacial score (nSPS) is 13.8. The Bertz CT molecular complexity index is 1120. The van der Waals surface area contributed by atoms with E-state index in [1.807, 2.05) is 42.4 Å². The molecule has 34 heavy (non-hydrogen) atoms. The molecule has 0 radical (unpaired) electrons. The van der Waals surface area contributed by atoms with E-state index in [2.05, 4.69) is 59.6 Å². The van der Waals surface area contributed by atoms with Crippen LogP contribution in [0.1, 0.15) is 62.8 Å². The first-order chi connectivity index (χ1) is 16.6. The average Bonchev–Trinajstić information content (AvgIpc) is 3.49. The summed E-state index contributed by atoms with van der Waals surface area (Å²) in [6, 6.07) is 10.6. The number of hydrogen-bond acceptors (Lipinski definition) is 5. The Morgan fingerprint density at radius 1 is 1.21 bits per heavy atom. The van der Waals surface area contributed by atoms with Crippen molar-refractivity contribution in [2.45, 2.75) is 75.9 Å². The maximum absolute atomic E-state index is 6.19. The van der Waals surface area contributed by atoms with Crippen molar-refractivity contribution >= 4 is 11.8 Å². The molecular weight excluding hydrogens is 440 g/mol. The quantitative estimate of drug-likeness (QED) is 0.308. The molecule has 0 amide bonds. The predicted molar refractivity (Wildman–Crippen MR) is 140 cm³/mol. The van der Waals surface area contributed by atoms with E-state index < -0.39 is 0 Å². The SMILES string of the molecule is Cc1cc(OCc2cnc(SC3CCCC3)n2-c2cccnc2)ccc1C#CCCNC(C)C. The minimum atomic E-state index is 0.443. The topological polar surface area (TPSA) is 52.0 Å². The van der Waals surface area contributed by atoms with Crippen molar-refractivity contribution in [3.05, 3.63) is 65.7 Å². The van der Waals surface area contributed by atoms with Gasteiger partial charge in [-0.2, -0.15) is 0 Å². The van der Waals surface area contributed by atoms with Crippen LogP contribution in [0.15, 0.2) is 54.1 Å². The van der Waals surface area contributed by atoms with E-state index in [0.29, 0.717) is 17.9 Å². The second kappa shape index (κ2) is 12.1. The number of pyridine rings is 1. The van der Waals surface area contributed by atoms with Crippen molar-refractivity contribution in [3.63, 3.8) is 0 Å². The molecule has 0 bridgehead atoms. The van der Waals surface area contributed by atoms with Gasteiger partial charge in [-0.25, -0.2) is 4.98 Å². The van der Waals surface area contributed by atoms with Crippen LogP contribution in [-0.2, 0) is 6.61 Å². The molecule has 0 saturated heterocycles. The fraction of sp³-hybridized carbons (Fsp3) is 0.429. The van der Waals surface area contributed by atoms with Gasteiger partial charge in [0.15, 0.2) is 5.16 Å². The molecule has 0 atom stereocenters. The van der Waals surface area contributed by atoms with Crippen LogP contribution in [0.2, 0.25) is 0 Å². The van der Waals surface area contributed by atoms with Crippen LogP contribution in [0.3, 0.4) is 0 Å². The Morgan fingerprint density at radius 3 is 2.79 bits per heavy atom. The Balaban J connectivity index is 1.44. The number of aryl methyl sites for hydroxylation is 1.